The van der Waals surface area contributed by atoms with Gasteiger partial charge in [0, 0.05) is 50.4 Å². The Hall–Kier alpha value is -3.15. The minimum atomic E-state index is 0.101. The Morgan fingerprint density at radius 2 is 1.64 bits per heavy atom. The van der Waals surface area contributed by atoms with E-state index >= 15 is 0 Å². The van der Waals surface area contributed by atoms with Gasteiger partial charge in [0.25, 0.3) is 5.91 Å². The van der Waals surface area contributed by atoms with Gasteiger partial charge in [-0.3, -0.25) is 14.6 Å². The van der Waals surface area contributed by atoms with Gasteiger partial charge in [-0.25, -0.2) is 0 Å². The van der Waals surface area contributed by atoms with Crippen LogP contribution in [0.15, 0.2) is 78.9 Å². The molecule has 0 saturated carbocycles. The van der Waals surface area contributed by atoms with E-state index in [1.807, 2.05) is 36.9 Å². The lowest BCUT2D eigenvalue weighted by Gasteiger charge is -2.41. The van der Waals surface area contributed by atoms with Crippen molar-refractivity contribution in [2.24, 2.45) is 0 Å². The second-order valence-electron chi connectivity index (χ2n) is 11.0. The molecule has 5 heteroatoms. The first-order chi connectivity index (χ1) is 19.1. The topological polar surface area (TPSA) is 36.0 Å². The molecule has 2 aliphatic heterocycles. The Bertz CT molecular complexity index is 1210. The molecule has 1 amide bonds. The molecule has 206 valence electrons. The monoisotopic (exact) mass is 525 g/mol. The first-order valence-corrected chi connectivity index (χ1v) is 14.7. The number of piperidine rings is 1. The minimum absolute atomic E-state index is 0.101. The SMILES string of the molecule is CCN(CC)C(=O)c1ccc(C(c2cccc(OC)c2)N2CCC3CCCC(C2)N3Cc2ccccc2)cc1. The van der Waals surface area contributed by atoms with Crippen molar-refractivity contribution in [2.75, 3.05) is 33.3 Å². The van der Waals surface area contributed by atoms with Gasteiger partial charge in [0.2, 0.25) is 0 Å². The molecule has 5 rings (SSSR count). The Morgan fingerprint density at radius 1 is 0.897 bits per heavy atom. The van der Waals surface area contributed by atoms with Crippen molar-refractivity contribution >= 4 is 5.91 Å². The fourth-order valence-electron chi connectivity index (χ4n) is 6.62. The average Bonchev–Trinajstić information content (AvgIpc) is 3.06. The van der Waals surface area contributed by atoms with E-state index < -0.39 is 0 Å². The molecule has 2 saturated heterocycles. The Morgan fingerprint density at radius 3 is 2.36 bits per heavy atom. The lowest BCUT2D eigenvalue weighted by Crippen LogP contribution is -2.48. The lowest BCUT2D eigenvalue weighted by atomic mass is 9.93. The number of benzene rings is 3. The molecule has 0 N–H and O–H groups in total. The van der Waals surface area contributed by atoms with Crippen molar-refractivity contribution in [3.05, 3.63) is 101 Å². The number of fused-ring (bicyclic) bond motifs is 2. The third kappa shape index (κ3) is 6.21. The van der Waals surface area contributed by atoms with E-state index in [9.17, 15) is 4.79 Å². The highest BCUT2D eigenvalue weighted by atomic mass is 16.5. The van der Waals surface area contributed by atoms with Crippen LogP contribution < -0.4 is 4.74 Å². The maximum Gasteiger partial charge on any atom is 0.253 e. The van der Waals surface area contributed by atoms with E-state index in [4.69, 9.17) is 4.74 Å². The summed E-state index contributed by atoms with van der Waals surface area (Å²) >= 11 is 0. The number of rotatable bonds is 9. The van der Waals surface area contributed by atoms with Crippen LogP contribution in [0.1, 0.15) is 72.6 Å². The number of ether oxygens (including phenoxy) is 1. The molecule has 3 aromatic carbocycles. The van der Waals surface area contributed by atoms with Crippen LogP contribution in [0.25, 0.3) is 0 Å². The number of methoxy groups -OCH3 is 1. The summed E-state index contributed by atoms with van der Waals surface area (Å²) in [4.78, 5) is 20.3. The predicted molar refractivity (Wildman–Crippen MR) is 158 cm³/mol. The smallest absolute Gasteiger partial charge is 0.253 e. The number of hydrogen-bond acceptors (Lipinski definition) is 4. The first-order valence-electron chi connectivity index (χ1n) is 14.7. The fraction of sp³-hybridized carbons (Fsp3) is 0.441. The minimum Gasteiger partial charge on any atom is -0.497 e. The first kappa shape index (κ1) is 27.4. The lowest BCUT2D eigenvalue weighted by molar-refractivity contribution is 0.0747. The van der Waals surface area contributed by atoms with Crippen LogP contribution >= 0.6 is 0 Å². The molecule has 3 atom stereocenters. The maximum atomic E-state index is 13.0. The number of carbonyl (C=O) groups is 1. The molecule has 0 aromatic heterocycles. The van der Waals surface area contributed by atoms with Crippen LogP contribution in [0.5, 0.6) is 5.75 Å². The van der Waals surface area contributed by atoms with Crippen molar-refractivity contribution in [1.29, 1.82) is 0 Å². The van der Waals surface area contributed by atoms with Crippen LogP contribution in [0.4, 0.5) is 0 Å². The van der Waals surface area contributed by atoms with Gasteiger partial charge >= 0.3 is 0 Å². The highest BCUT2D eigenvalue weighted by Gasteiger charge is 2.37. The molecule has 2 aliphatic rings. The van der Waals surface area contributed by atoms with Gasteiger partial charge in [-0.2, -0.15) is 0 Å². The largest absolute Gasteiger partial charge is 0.497 e. The summed E-state index contributed by atoms with van der Waals surface area (Å²) in [5.41, 5.74) is 4.63. The maximum absolute atomic E-state index is 13.0. The zero-order valence-corrected chi connectivity index (χ0v) is 23.8. The summed E-state index contributed by atoms with van der Waals surface area (Å²) in [5.74, 6) is 0.981. The third-order valence-electron chi connectivity index (χ3n) is 8.71. The van der Waals surface area contributed by atoms with Gasteiger partial charge in [-0.1, -0.05) is 61.0 Å². The van der Waals surface area contributed by atoms with Crippen LogP contribution in [-0.4, -0.2) is 66.0 Å². The van der Waals surface area contributed by atoms with Gasteiger partial charge in [0.1, 0.15) is 5.75 Å². The molecule has 0 aliphatic carbocycles. The van der Waals surface area contributed by atoms with Gasteiger partial charge in [0.05, 0.1) is 13.2 Å². The van der Waals surface area contributed by atoms with E-state index in [1.54, 1.807) is 7.11 Å². The van der Waals surface area contributed by atoms with Crippen molar-refractivity contribution in [3.8, 4) is 5.75 Å². The highest BCUT2D eigenvalue weighted by molar-refractivity contribution is 5.94. The number of nitrogens with zero attached hydrogens (tertiary/aromatic N) is 3. The van der Waals surface area contributed by atoms with Crippen molar-refractivity contribution < 1.29 is 9.53 Å². The van der Waals surface area contributed by atoms with Crippen LogP contribution in [0.3, 0.4) is 0 Å². The number of amides is 1. The fourth-order valence-corrected chi connectivity index (χ4v) is 6.62. The van der Waals surface area contributed by atoms with Crippen LogP contribution in [0.2, 0.25) is 0 Å². The van der Waals surface area contributed by atoms with Crippen LogP contribution in [-0.2, 0) is 6.54 Å². The molecule has 2 bridgehead atoms. The zero-order valence-electron chi connectivity index (χ0n) is 23.8. The summed E-state index contributed by atoms with van der Waals surface area (Å²) in [6.45, 7) is 8.62. The van der Waals surface area contributed by atoms with E-state index in [-0.39, 0.29) is 11.9 Å². The molecule has 2 heterocycles. The second-order valence-corrected chi connectivity index (χ2v) is 11.0. The summed E-state index contributed by atoms with van der Waals surface area (Å²) in [7, 11) is 1.73. The zero-order chi connectivity index (χ0) is 27.2. The van der Waals surface area contributed by atoms with Crippen molar-refractivity contribution in [2.45, 2.75) is 64.2 Å². The van der Waals surface area contributed by atoms with E-state index in [0.29, 0.717) is 12.1 Å². The Balaban J connectivity index is 1.46. The van der Waals surface area contributed by atoms with Gasteiger partial charge in [-0.15, -0.1) is 0 Å². The second kappa shape index (κ2) is 12.8. The van der Waals surface area contributed by atoms with E-state index in [0.717, 1.165) is 44.0 Å². The Kier molecular flexibility index (Phi) is 9.00. The van der Waals surface area contributed by atoms with Crippen molar-refractivity contribution in [1.82, 2.24) is 14.7 Å². The standard InChI is InChI=1S/C34H43N3O2/c1-4-35(5-2)34(38)28-19-17-27(18-20-28)33(29-13-9-16-32(23-29)39-3)36-22-21-30-14-10-15-31(25-36)37(30)24-26-11-7-6-8-12-26/h6-9,11-13,16-20,23,30-31,33H,4-5,10,14-15,21-22,24-25H2,1-3H3. The molecular weight excluding hydrogens is 482 g/mol. The summed E-state index contributed by atoms with van der Waals surface area (Å²) in [6.07, 6.45) is 4.99. The average molecular weight is 526 g/mol. The molecule has 39 heavy (non-hydrogen) atoms. The molecule has 2 fully saturated rings. The number of hydrogen-bond donors (Lipinski definition) is 0. The molecule has 3 unspecified atom stereocenters. The predicted octanol–water partition coefficient (Wildman–Crippen LogP) is 6.40. The van der Waals surface area contributed by atoms with Gasteiger partial charge < -0.3 is 9.64 Å². The summed E-state index contributed by atoms with van der Waals surface area (Å²) in [5, 5.41) is 0. The van der Waals surface area contributed by atoms with Gasteiger partial charge in [0.15, 0.2) is 0 Å². The molecular formula is C34H43N3O2. The van der Waals surface area contributed by atoms with E-state index in [1.165, 1.54) is 42.4 Å². The highest BCUT2D eigenvalue weighted by Crippen LogP contribution is 2.37. The molecule has 5 nitrogen and oxygen atoms in total. The summed E-state index contributed by atoms with van der Waals surface area (Å²) < 4.78 is 5.63. The van der Waals surface area contributed by atoms with Gasteiger partial charge in [-0.05, 0) is 74.1 Å². The van der Waals surface area contributed by atoms with Crippen LogP contribution in [0, 0.1) is 0 Å². The Labute approximate surface area is 234 Å². The summed E-state index contributed by atoms with van der Waals surface area (Å²) in [6, 6.07) is 29.1. The van der Waals surface area contributed by atoms with E-state index in [2.05, 4.69) is 70.5 Å². The quantitative estimate of drug-likeness (QED) is 0.324. The normalized spacial score (nSPS) is 20.7. The molecule has 0 spiro atoms. The number of carbonyl (C=O) groups excluding carboxylic acids is 1. The molecule has 3 aromatic rings. The third-order valence-corrected chi connectivity index (χ3v) is 8.71. The van der Waals surface area contributed by atoms with Crippen molar-refractivity contribution in [3.63, 3.8) is 0 Å². The molecule has 0 radical (unpaired) electrons.